The summed E-state index contributed by atoms with van der Waals surface area (Å²) in [7, 11) is 1.64. The van der Waals surface area contributed by atoms with Gasteiger partial charge in [0, 0.05) is 19.6 Å². The van der Waals surface area contributed by atoms with E-state index in [4.69, 9.17) is 4.74 Å². The van der Waals surface area contributed by atoms with Gasteiger partial charge in [0.05, 0.1) is 13.2 Å². The highest BCUT2D eigenvalue weighted by Gasteiger charge is 2.21. The van der Waals surface area contributed by atoms with Crippen molar-refractivity contribution in [3.05, 3.63) is 29.8 Å². The first kappa shape index (κ1) is 14.7. The van der Waals surface area contributed by atoms with Gasteiger partial charge < -0.3 is 20.1 Å². The average molecular weight is 278 g/mol. The molecule has 1 aliphatic rings. The topological polar surface area (TPSA) is 61.8 Å². The lowest BCUT2D eigenvalue weighted by Crippen LogP contribution is -2.47. The SMILES string of the molecule is COc1cccc(CCNC(=O)N2CCCC(O)C2)c1. The molecule has 0 bridgehead atoms. The molecule has 0 aromatic heterocycles. The number of rotatable bonds is 4. The summed E-state index contributed by atoms with van der Waals surface area (Å²) < 4.78 is 5.17. The number of methoxy groups -OCH3 is 1. The number of hydrogen-bond donors (Lipinski definition) is 2. The van der Waals surface area contributed by atoms with Gasteiger partial charge in [-0.3, -0.25) is 0 Å². The predicted molar refractivity (Wildman–Crippen MR) is 76.9 cm³/mol. The van der Waals surface area contributed by atoms with Crippen molar-refractivity contribution in [3.63, 3.8) is 0 Å². The number of carbonyl (C=O) groups excluding carboxylic acids is 1. The molecule has 2 rings (SSSR count). The molecular weight excluding hydrogens is 256 g/mol. The third-order valence-electron chi connectivity index (χ3n) is 3.51. The van der Waals surface area contributed by atoms with Gasteiger partial charge in [-0.05, 0) is 37.0 Å². The number of urea groups is 1. The van der Waals surface area contributed by atoms with E-state index >= 15 is 0 Å². The number of ether oxygens (including phenoxy) is 1. The lowest BCUT2D eigenvalue weighted by Gasteiger charge is -2.30. The fourth-order valence-electron chi connectivity index (χ4n) is 2.39. The van der Waals surface area contributed by atoms with Gasteiger partial charge in [-0.1, -0.05) is 12.1 Å². The summed E-state index contributed by atoms with van der Waals surface area (Å²) >= 11 is 0. The Kier molecular flexibility index (Phi) is 5.24. The van der Waals surface area contributed by atoms with E-state index in [0.29, 0.717) is 13.1 Å². The molecule has 1 aliphatic heterocycles. The molecule has 2 amide bonds. The second kappa shape index (κ2) is 7.14. The van der Waals surface area contributed by atoms with Gasteiger partial charge in [0.1, 0.15) is 5.75 Å². The summed E-state index contributed by atoms with van der Waals surface area (Å²) in [6.45, 7) is 1.74. The van der Waals surface area contributed by atoms with Crippen LogP contribution in [-0.4, -0.2) is 48.9 Å². The van der Waals surface area contributed by atoms with E-state index in [2.05, 4.69) is 5.32 Å². The van der Waals surface area contributed by atoms with Gasteiger partial charge >= 0.3 is 6.03 Å². The monoisotopic (exact) mass is 278 g/mol. The minimum atomic E-state index is -0.382. The van der Waals surface area contributed by atoms with E-state index in [1.54, 1.807) is 12.0 Å². The summed E-state index contributed by atoms with van der Waals surface area (Å²) in [5.74, 6) is 0.827. The Bertz CT molecular complexity index is 450. The molecule has 5 heteroatoms. The normalized spacial score (nSPS) is 18.7. The van der Waals surface area contributed by atoms with E-state index in [9.17, 15) is 9.90 Å². The number of amides is 2. The van der Waals surface area contributed by atoms with Crippen LogP contribution in [0.15, 0.2) is 24.3 Å². The Morgan fingerprint density at radius 2 is 2.40 bits per heavy atom. The number of aliphatic hydroxyl groups is 1. The van der Waals surface area contributed by atoms with Crippen LogP contribution in [0.25, 0.3) is 0 Å². The number of carbonyl (C=O) groups is 1. The second-order valence-electron chi connectivity index (χ2n) is 5.08. The highest BCUT2D eigenvalue weighted by molar-refractivity contribution is 5.74. The van der Waals surface area contributed by atoms with Gasteiger partial charge in [-0.15, -0.1) is 0 Å². The van der Waals surface area contributed by atoms with Crippen LogP contribution in [0, 0.1) is 0 Å². The number of nitrogens with one attached hydrogen (secondary N) is 1. The minimum absolute atomic E-state index is 0.0911. The summed E-state index contributed by atoms with van der Waals surface area (Å²) in [6, 6.07) is 7.73. The Morgan fingerprint density at radius 1 is 1.55 bits per heavy atom. The summed E-state index contributed by atoms with van der Waals surface area (Å²) in [6.07, 6.45) is 2.03. The molecule has 0 radical (unpaired) electrons. The van der Waals surface area contributed by atoms with Gasteiger partial charge in [-0.2, -0.15) is 0 Å². The smallest absolute Gasteiger partial charge is 0.317 e. The highest BCUT2D eigenvalue weighted by atomic mass is 16.5. The zero-order chi connectivity index (χ0) is 14.4. The van der Waals surface area contributed by atoms with Gasteiger partial charge in [0.25, 0.3) is 0 Å². The number of nitrogens with zero attached hydrogens (tertiary/aromatic N) is 1. The molecule has 110 valence electrons. The van der Waals surface area contributed by atoms with E-state index in [1.165, 1.54) is 0 Å². The van der Waals surface area contributed by atoms with Crippen LogP contribution in [0.3, 0.4) is 0 Å². The molecule has 1 saturated heterocycles. The molecular formula is C15H22N2O3. The maximum absolute atomic E-state index is 11.9. The van der Waals surface area contributed by atoms with Crippen LogP contribution in [0.4, 0.5) is 4.79 Å². The summed E-state index contributed by atoms with van der Waals surface area (Å²) in [5, 5.41) is 12.4. The Hall–Kier alpha value is -1.75. The number of hydrogen-bond acceptors (Lipinski definition) is 3. The summed E-state index contributed by atoms with van der Waals surface area (Å²) in [4.78, 5) is 13.6. The molecule has 0 saturated carbocycles. The minimum Gasteiger partial charge on any atom is -0.497 e. The quantitative estimate of drug-likeness (QED) is 0.875. The molecule has 1 heterocycles. The van der Waals surface area contributed by atoms with Crippen LogP contribution < -0.4 is 10.1 Å². The van der Waals surface area contributed by atoms with Crippen LogP contribution in [0.1, 0.15) is 18.4 Å². The third kappa shape index (κ3) is 4.13. The molecule has 1 fully saturated rings. The standard InChI is InChI=1S/C15H22N2O3/c1-20-14-6-2-4-12(10-14)7-8-16-15(19)17-9-3-5-13(18)11-17/h2,4,6,10,13,18H,3,5,7-9,11H2,1H3,(H,16,19). The van der Waals surface area contributed by atoms with Crippen molar-refractivity contribution in [1.82, 2.24) is 10.2 Å². The average Bonchev–Trinajstić information content (AvgIpc) is 2.47. The van der Waals surface area contributed by atoms with Crippen molar-refractivity contribution in [3.8, 4) is 5.75 Å². The van der Waals surface area contributed by atoms with Crippen LogP contribution in [-0.2, 0) is 6.42 Å². The van der Waals surface area contributed by atoms with Crippen molar-refractivity contribution in [2.24, 2.45) is 0 Å². The zero-order valence-corrected chi connectivity index (χ0v) is 11.8. The lowest BCUT2D eigenvalue weighted by molar-refractivity contribution is 0.0843. The van der Waals surface area contributed by atoms with Crippen molar-refractivity contribution in [2.75, 3.05) is 26.7 Å². The molecule has 1 aromatic rings. The number of aliphatic hydroxyl groups excluding tert-OH is 1. The zero-order valence-electron chi connectivity index (χ0n) is 11.8. The highest BCUT2D eigenvalue weighted by Crippen LogP contribution is 2.13. The number of piperidine rings is 1. The van der Waals surface area contributed by atoms with Crippen LogP contribution in [0.5, 0.6) is 5.75 Å². The van der Waals surface area contributed by atoms with E-state index in [-0.39, 0.29) is 12.1 Å². The summed E-state index contributed by atoms with van der Waals surface area (Å²) in [5.41, 5.74) is 1.13. The fraction of sp³-hybridized carbons (Fsp3) is 0.533. The molecule has 5 nitrogen and oxygen atoms in total. The lowest BCUT2D eigenvalue weighted by atomic mass is 10.1. The molecule has 1 atom stereocenters. The maximum Gasteiger partial charge on any atom is 0.317 e. The number of β-amino-alcohol motifs (C(OH)–C–C–N with tert-alkyl or cyclic N) is 1. The third-order valence-corrected chi connectivity index (χ3v) is 3.51. The Morgan fingerprint density at radius 3 is 3.15 bits per heavy atom. The van der Waals surface area contributed by atoms with E-state index < -0.39 is 0 Å². The van der Waals surface area contributed by atoms with E-state index in [0.717, 1.165) is 37.1 Å². The van der Waals surface area contributed by atoms with Gasteiger partial charge in [-0.25, -0.2) is 4.79 Å². The van der Waals surface area contributed by atoms with Gasteiger partial charge in [0.2, 0.25) is 0 Å². The molecule has 1 unspecified atom stereocenters. The molecule has 0 spiro atoms. The predicted octanol–water partition coefficient (Wildman–Crippen LogP) is 1.40. The molecule has 1 aromatic carbocycles. The first-order valence-corrected chi connectivity index (χ1v) is 7.03. The number of likely N-dealkylation sites (tertiary alicyclic amines) is 1. The van der Waals surface area contributed by atoms with Crippen molar-refractivity contribution in [2.45, 2.75) is 25.4 Å². The first-order chi connectivity index (χ1) is 9.69. The largest absolute Gasteiger partial charge is 0.497 e. The van der Waals surface area contributed by atoms with Crippen molar-refractivity contribution < 1.29 is 14.6 Å². The fourth-order valence-corrected chi connectivity index (χ4v) is 2.39. The van der Waals surface area contributed by atoms with Crippen molar-refractivity contribution in [1.29, 1.82) is 0 Å². The maximum atomic E-state index is 11.9. The Balaban J connectivity index is 1.76. The first-order valence-electron chi connectivity index (χ1n) is 7.03. The number of benzene rings is 1. The van der Waals surface area contributed by atoms with E-state index in [1.807, 2.05) is 24.3 Å². The van der Waals surface area contributed by atoms with Gasteiger partial charge in [0.15, 0.2) is 0 Å². The molecule has 0 aliphatic carbocycles. The van der Waals surface area contributed by atoms with Crippen LogP contribution >= 0.6 is 0 Å². The Labute approximate surface area is 119 Å². The second-order valence-corrected chi connectivity index (χ2v) is 5.08. The molecule has 2 N–H and O–H groups in total. The molecule has 20 heavy (non-hydrogen) atoms. The van der Waals surface area contributed by atoms with Crippen molar-refractivity contribution >= 4 is 6.03 Å². The van der Waals surface area contributed by atoms with Crippen LogP contribution in [0.2, 0.25) is 0 Å².